The van der Waals surface area contributed by atoms with Gasteiger partial charge in [0, 0.05) is 19.1 Å². The number of aryl methyl sites for hydroxylation is 1. The van der Waals surface area contributed by atoms with Crippen molar-refractivity contribution in [2.75, 3.05) is 19.6 Å². The zero-order valence-electron chi connectivity index (χ0n) is 12.6. The van der Waals surface area contributed by atoms with Crippen LogP contribution in [0.1, 0.15) is 44.9 Å². The highest BCUT2D eigenvalue weighted by Gasteiger charge is 2.25. The van der Waals surface area contributed by atoms with Crippen molar-refractivity contribution in [2.45, 2.75) is 58.2 Å². The highest BCUT2D eigenvalue weighted by Crippen LogP contribution is 2.22. The van der Waals surface area contributed by atoms with Gasteiger partial charge in [0.2, 0.25) is 0 Å². The number of hydrogen-bond acceptors (Lipinski definition) is 4. The lowest BCUT2D eigenvalue weighted by atomic mass is 9.98. The minimum absolute atomic E-state index is 0.812. The second kappa shape index (κ2) is 6.68. The van der Waals surface area contributed by atoms with E-state index in [4.69, 9.17) is 0 Å². The molecule has 0 bridgehead atoms. The molecule has 0 aromatic carbocycles. The molecule has 2 fully saturated rings. The van der Waals surface area contributed by atoms with Gasteiger partial charge in [0.1, 0.15) is 12.2 Å². The second-order valence-corrected chi connectivity index (χ2v) is 6.33. The van der Waals surface area contributed by atoms with Gasteiger partial charge in [-0.1, -0.05) is 6.92 Å². The van der Waals surface area contributed by atoms with E-state index in [-0.39, 0.29) is 0 Å². The maximum Gasteiger partial charge on any atom is 0.141 e. The Morgan fingerprint density at radius 1 is 1.35 bits per heavy atom. The maximum absolute atomic E-state index is 4.43. The van der Waals surface area contributed by atoms with Crippen molar-refractivity contribution in [1.82, 2.24) is 25.0 Å². The summed E-state index contributed by atoms with van der Waals surface area (Å²) in [5, 5.41) is 8.00. The standard InChI is InChI=1S/C15H27N5/c1-2-7-20-15(17-12-18-20)11-19-8-3-4-13(10-19)9-16-14-5-6-14/h12-14,16H,2-11H2,1H3. The van der Waals surface area contributed by atoms with Gasteiger partial charge in [-0.25, -0.2) is 9.67 Å². The van der Waals surface area contributed by atoms with E-state index in [1.807, 2.05) is 0 Å². The van der Waals surface area contributed by atoms with E-state index in [0.717, 1.165) is 37.3 Å². The molecule has 5 nitrogen and oxygen atoms in total. The summed E-state index contributed by atoms with van der Waals surface area (Å²) in [5.41, 5.74) is 0. The first-order valence-corrected chi connectivity index (χ1v) is 8.17. The summed E-state index contributed by atoms with van der Waals surface area (Å²) in [6.45, 7) is 7.74. The molecule has 20 heavy (non-hydrogen) atoms. The zero-order valence-corrected chi connectivity index (χ0v) is 12.6. The molecule has 1 atom stereocenters. The van der Waals surface area contributed by atoms with Crippen molar-refractivity contribution < 1.29 is 0 Å². The molecule has 5 heteroatoms. The van der Waals surface area contributed by atoms with E-state index >= 15 is 0 Å². The molecule has 2 heterocycles. The predicted octanol–water partition coefficient (Wildman–Crippen LogP) is 1.65. The largest absolute Gasteiger partial charge is 0.314 e. The fourth-order valence-corrected chi connectivity index (χ4v) is 3.09. The quantitative estimate of drug-likeness (QED) is 0.823. The third-order valence-corrected chi connectivity index (χ3v) is 4.37. The Morgan fingerprint density at radius 2 is 2.25 bits per heavy atom. The monoisotopic (exact) mass is 277 g/mol. The average molecular weight is 277 g/mol. The Kier molecular flexibility index (Phi) is 4.68. The molecule has 1 aliphatic heterocycles. The van der Waals surface area contributed by atoms with Crippen LogP contribution in [0.25, 0.3) is 0 Å². The van der Waals surface area contributed by atoms with Gasteiger partial charge in [-0.15, -0.1) is 0 Å². The van der Waals surface area contributed by atoms with Crippen LogP contribution in [0.2, 0.25) is 0 Å². The fourth-order valence-electron chi connectivity index (χ4n) is 3.09. The van der Waals surface area contributed by atoms with E-state index in [9.17, 15) is 0 Å². The van der Waals surface area contributed by atoms with Gasteiger partial charge in [-0.05, 0) is 51.1 Å². The molecule has 0 radical (unpaired) electrons. The van der Waals surface area contributed by atoms with Gasteiger partial charge in [-0.2, -0.15) is 5.10 Å². The van der Waals surface area contributed by atoms with Crippen LogP contribution in [0.3, 0.4) is 0 Å². The van der Waals surface area contributed by atoms with Crippen molar-refractivity contribution in [3.05, 3.63) is 12.2 Å². The highest BCUT2D eigenvalue weighted by atomic mass is 15.3. The number of likely N-dealkylation sites (tertiary alicyclic amines) is 1. The summed E-state index contributed by atoms with van der Waals surface area (Å²) in [5.74, 6) is 1.94. The van der Waals surface area contributed by atoms with E-state index in [2.05, 4.69) is 31.9 Å². The van der Waals surface area contributed by atoms with Crippen molar-refractivity contribution in [1.29, 1.82) is 0 Å². The van der Waals surface area contributed by atoms with Crippen LogP contribution in [0.4, 0.5) is 0 Å². The molecule has 2 aliphatic rings. The number of hydrogen-bond donors (Lipinski definition) is 1. The van der Waals surface area contributed by atoms with E-state index in [0.29, 0.717) is 0 Å². The molecule has 1 aromatic heterocycles. The smallest absolute Gasteiger partial charge is 0.141 e. The minimum atomic E-state index is 0.812. The second-order valence-electron chi connectivity index (χ2n) is 6.33. The first-order chi connectivity index (χ1) is 9.85. The van der Waals surface area contributed by atoms with Crippen molar-refractivity contribution in [3.8, 4) is 0 Å². The van der Waals surface area contributed by atoms with Gasteiger partial charge < -0.3 is 5.32 Å². The Labute approximate surface area is 121 Å². The van der Waals surface area contributed by atoms with Crippen LogP contribution in [0.5, 0.6) is 0 Å². The van der Waals surface area contributed by atoms with Crippen LogP contribution < -0.4 is 5.32 Å². The third-order valence-electron chi connectivity index (χ3n) is 4.37. The molecule has 112 valence electrons. The van der Waals surface area contributed by atoms with Crippen LogP contribution >= 0.6 is 0 Å². The van der Waals surface area contributed by atoms with Gasteiger partial charge >= 0.3 is 0 Å². The maximum atomic E-state index is 4.43. The first kappa shape index (κ1) is 14.0. The molecule has 1 unspecified atom stereocenters. The van der Waals surface area contributed by atoms with Crippen LogP contribution in [0.15, 0.2) is 6.33 Å². The number of rotatable bonds is 7. The lowest BCUT2D eigenvalue weighted by Crippen LogP contribution is -2.40. The van der Waals surface area contributed by atoms with Gasteiger partial charge in [0.05, 0.1) is 6.54 Å². The topological polar surface area (TPSA) is 46.0 Å². The van der Waals surface area contributed by atoms with Crippen LogP contribution in [-0.2, 0) is 13.1 Å². The molecular weight excluding hydrogens is 250 g/mol. The molecule has 1 N–H and O–H groups in total. The molecule has 3 rings (SSSR count). The SMILES string of the molecule is CCCn1ncnc1CN1CCCC(CNC2CC2)C1. The molecule has 1 saturated carbocycles. The van der Waals surface area contributed by atoms with E-state index in [1.54, 1.807) is 6.33 Å². The number of nitrogens with one attached hydrogen (secondary N) is 1. The van der Waals surface area contributed by atoms with E-state index < -0.39 is 0 Å². The summed E-state index contributed by atoms with van der Waals surface area (Å²) in [4.78, 5) is 6.99. The molecular formula is C15H27N5. The molecule has 1 aromatic rings. The van der Waals surface area contributed by atoms with Crippen molar-refractivity contribution in [2.24, 2.45) is 5.92 Å². The summed E-state index contributed by atoms with van der Waals surface area (Å²) in [7, 11) is 0. The van der Waals surface area contributed by atoms with Gasteiger partial charge in [0.25, 0.3) is 0 Å². The third kappa shape index (κ3) is 3.79. The number of nitrogens with zero attached hydrogens (tertiary/aromatic N) is 4. The summed E-state index contributed by atoms with van der Waals surface area (Å²) in [6, 6.07) is 0.832. The molecule has 0 spiro atoms. The molecule has 0 amide bonds. The Morgan fingerprint density at radius 3 is 3.05 bits per heavy atom. The zero-order chi connectivity index (χ0) is 13.8. The summed E-state index contributed by atoms with van der Waals surface area (Å²) >= 11 is 0. The predicted molar refractivity (Wildman–Crippen MR) is 79.3 cm³/mol. The van der Waals surface area contributed by atoms with Crippen molar-refractivity contribution in [3.63, 3.8) is 0 Å². The highest BCUT2D eigenvalue weighted by molar-refractivity contribution is 4.88. The van der Waals surface area contributed by atoms with Gasteiger partial charge in [0.15, 0.2) is 0 Å². The molecule has 1 saturated heterocycles. The Balaban J connectivity index is 1.49. The number of aromatic nitrogens is 3. The average Bonchev–Trinajstić information content (AvgIpc) is 3.20. The van der Waals surface area contributed by atoms with E-state index in [1.165, 1.54) is 45.3 Å². The molecule has 1 aliphatic carbocycles. The van der Waals surface area contributed by atoms with Crippen LogP contribution in [0, 0.1) is 5.92 Å². The van der Waals surface area contributed by atoms with Gasteiger partial charge in [-0.3, -0.25) is 4.90 Å². The number of piperidine rings is 1. The lowest BCUT2D eigenvalue weighted by Gasteiger charge is -2.32. The Bertz CT molecular complexity index is 412. The van der Waals surface area contributed by atoms with Crippen LogP contribution in [-0.4, -0.2) is 45.3 Å². The fraction of sp³-hybridized carbons (Fsp3) is 0.867. The Hall–Kier alpha value is -0.940. The van der Waals surface area contributed by atoms with Crippen molar-refractivity contribution >= 4 is 0 Å². The minimum Gasteiger partial charge on any atom is -0.314 e. The first-order valence-electron chi connectivity index (χ1n) is 8.17. The summed E-state index contributed by atoms with van der Waals surface area (Å²) in [6.07, 6.45) is 8.27. The lowest BCUT2D eigenvalue weighted by molar-refractivity contribution is 0.159. The summed E-state index contributed by atoms with van der Waals surface area (Å²) < 4.78 is 2.06. The normalized spacial score (nSPS) is 24.1.